The van der Waals surface area contributed by atoms with E-state index in [4.69, 9.17) is 14.0 Å². The van der Waals surface area contributed by atoms with Gasteiger partial charge in [-0.05, 0) is 37.8 Å². The Morgan fingerprint density at radius 3 is 2.69 bits per heavy atom. The van der Waals surface area contributed by atoms with Gasteiger partial charge in [-0.1, -0.05) is 19.0 Å². The molecule has 1 N–H and O–H groups in total. The fraction of sp³-hybridized carbons (Fsp3) is 0.565. The topological polar surface area (TPSA) is 107 Å². The van der Waals surface area contributed by atoms with Crippen LogP contribution in [0.3, 0.4) is 0 Å². The molecule has 4 rings (SSSR count). The average molecular weight is 443 g/mol. The van der Waals surface area contributed by atoms with Gasteiger partial charge in [0.25, 0.3) is 5.91 Å². The Morgan fingerprint density at radius 1 is 1.28 bits per heavy atom. The normalized spacial score (nSPS) is 24.5. The number of carbonyl (C=O) groups excluding carboxylic acids is 2. The number of likely N-dealkylation sites (tertiary alicyclic amines) is 1. The number of rotatable bonds is 6. The number of amides is 2. The monoisotopic (exact) mass is 442 g/mol. The predicted octanol–water partition coefficient (Wildman–Crippen LogP) is 2.34. The van der Waals surface area contributed by atoms with E-state index < -0.39 is 5.41 Å². The van der Waals surface area contributed by atoms with E-state index in [2.05, 4.69) is 15.5 Å². The standard InChI is InChI=1S/C23H30N4O5/c1-13(2)21(29)27-11-15-8-16(10-23(15,12-27)22-24-14(3)26-32-22)25-20(28)18-7-6-17(30-4)9-19(18)31-5/h6-7,9,13,15-16H,8,10-12H2,1-5H3,(H,25,28)/t15?,16-,23+/m1/s1. The quantitative estimate of drug-likeness (QED) is 0.732. The third kappa shape index (κ3) is 3.80. The second-order valence-electron chi connectivity index (χ2n) is 9.05. The molecule has 9 nitrogen and oxygen atoms in total. The van der Waals surface area contributed by atoms with Crippen LogP contribution in [-0.4, -0.2) is 60.2 Å². The molecule has 1 unspecified atom stereocenters. The largest absolute Gasteiger partial charge is 0.497 e. The molecule has 2 aliphatic rings. The van der Waals surface area contributed by atoms with Crippen molar-refractivity contribution in [3.8, 4) is 11.5 Å². The van der Waals surface area contributed by atoms with Crippen LogP contribution in [0.25, 0.3) is 0 Å². The third-order valence-electron chi connectivity index (χ3n) is 6.62. The summed E-state index contributed by atoms with van der Waals surface area (Å²) < 4.78 is 16.2. The summed E-state index contributed by atoms with van der Waals surface area (Å²) in [6, 6.07) is 5.04. The Kier molecular flexibility index (Phi) is 5.83. The zero-order chi connectivity index (χ0) is 23.0. The number of nitrogens with one attached hydrogen (secondary N) is 1. The molecular weight excluding hydrogens is 412 g/mol. The van der Waals surface area contributed by atoms with Crippen molar-refractivity contribution in [1.82, 2.24) is 20.4 Å². The minimum absolute atomic E-state index is 0.0756. The van der Waals surface area contributed by atoms with E-state index in [1.54, 1.807) is 32.2 Å². The Hall–Kier alpha value is -3.10. The van der Waals surface area contributed by atoms with Gasteiger partial charge in [-0.3, -0.25) is 9.59 Å². The van der Waals surface area contributed by atoms with E-state index in [-0.39, 0.29) is 29.7 Å². The number of carbonyl (C=O) groups is 2. The summed E-state index contributed by atoms with van der Waals surface area (Å²) in [4.78, 5) is 32.2. The van der Waals surface area contributed by atoms with Crippen LogP contribution in [0.1, 0.15) is 48.8 Å². The second kappa shape index (κ2) is 8.44. The van der Waals surface area contributed by atoms with Crippen LogP contribution >= 0.6 is 0 Å². The van der Waals surface area contributed by atoms with Crippen molar-refractivity contribution < 1.29 is 23.6 Å². The molecule has 1 aliphatic heterocycles. The van der Waals surface area contributed by atoms with Crippen molar-refractivity contribution in [2.24, 2.45) is 11.8 Å². The van der Waals surface area contributed by atoms with Crippen molar-refractivity contribution in [2.75, 3.05) is 27.3 Å². The maximum atomic E-state index is 13.1. The molecule has 2 aromatic rings. The molecule has 9 heteroatoms. The van der Waals surface area contributed by atoms with Crippen LogP contribution in [0.5, 0.6) is 11.5 Å². The molecule has 172 valence electrons. The average Bonchev–Trinajstić information content (AvgIpc) is 3.45. The van der Waals surface area contributed by atoms with Crippen LogP contribution in [0.4, 0.5) is 0 Å². The lowest BCUT2D eigenvalue weighted by Gasteiger charge is -2.26. The number of aryl methyl sites for hydroxylation is 1. The highest BCUT2D eigenvalue weighted by atomic mass is 16.5. The Bertz CT molecular complexity index is 1020. The molecule has 0 spiro atoms. The van der Waals surface area contributed by atoms with Gasteiger partial charge in [-0.25, -0.2) is 0 Å². The fourth-order valence-electron chi connectivity index (χ4n) is 5.09. The van der Waals surface area contributed by atoms with E-state index in [0.29, 0.717) is 48.3 Å². The Labute approximate surface area is 187 Å². The van der Waals surface area contributed by atoms with Crippen LogP contribution < -0.4 is 14.8 Å². The van der Waals surface area contributed by atoms with Gasteiger partial charge >= 0.3 is 0 Å². The molecule has 0 radical (unpaired) electrons. The van der Waals surface area contributed by atoms with Gasteiger partial charge in [0.05, 0.1) is 25.2 Å². The van der Waals surface area contributed by atoms with Crippen molar-refractivity contribution in [3.05, 3.63) is 35.5 Å². The van der Waals surface area contributed by atoms with Gasteiger partial charge in [0.2, 0.25) is 11.8 Å². The van der Waals surface area contributed by atoms with E-state index in [0.717, 1.165) is 6.42 Å². The van der Waals surface area contributed by atoms with E-state index in [1.165, 1.54) is 7.11 Å². The SMILES string of the molecule is COc1ccc(C(=O)N[C@@H]2CC3CN(C(=O)C(C)C)C[C@@]3(c3nc(C)no3)C2)c(OC)c1. The van der Waals surface area contributed by atoms with Crippen molar-refractivity contribution in [1.29, 1.82) is 0 Å². The predicted molar refractivity (Wildman–Crippen MR) is 116 cm³/mol. The number of nitrogens with zero attached hydrogens (tertiary/aromatic N) is 3. The molecule has 1 aromatic heterocycles. The number of fused-ring (bicyclic) bond motifs is 1. The summed E-state index contributed by atoms with van der Waals surface area (Å²) >= 11 is 0. The summed E-state index contributed by atoms with van der Waals surface area (Å²) in [5.74, 6) is 2.17. The molecule has 0 bridgehead atoms. The smallest absolute Gasteiger partial charge is 0.255 e. The molecule has 2 heterocycles. The maximum absolute atomic E-state index is 13.1. The highest BCUT2D eigenvalue weighted by molar-refractivity contribution is 5.97. The van der Waals surface area contributed by atoms with Crippen molar-refractivity contribution >= 4 is 11.8 Å². The molecular formula is C23H30N4O5. The van der Waals surface area contributed by atoms with Gasteiger partial charge < -0.3 is 24.2 Å². The first kappa shape index (κ1) is 22.1. The first-order chi connectivity index (χ1) is 15.3. The number of hydrogen-bond donors (Lipinski definition) is 1. The van der Waals surface area contributed by atoms with Crippen LogP contribution in [0, 0.1) is 18.8 Å². The molecule has 1 saturated heterocycles. The summed E-state index contributed by atoms with van der Waals surface area (Å²) in [5, 5.41) is 7.14. The van der Waals surface area contributed by atoms with Crippen molar-refractivity contribution in [2.45, 2.75) is 45.1 Å². The molecule has 3 atom stereocenters. The summed E-state index contributed by atoms with van der Waals surface area (Å²) in [6.07, 6.45) is 1.36. The summed E-state index contributed by atoms with van der Waals surface area (Å²) in [5.41, 5.74) is -0.00189. The van der Waals surface area contributed by atoms with Gasteiger partial charge in [0.1, 0.15) is 11.5 Å². The molecule has 1 aliphatic carbocycles. The Morgan fingerprint density at radius 2 is 2.06 bits per heavy atom. The zero-order valence-electron chi connectivity index (χ0n) is 19.2. The molecule has 2 fully saturated rings. The summed E-state index contributed by atoms with van der Waals surface area (Å²) in [7, 11) is 3.09. The zero-order valence-corrected chi connectivity index (χ0v) is 19.2. The molecule has 32 heavy (non-hydrogen) atoms. The van der Waals surface area contributed by atoms with Crippen LogP contribution in [-0.2, 0) is 10.2 Å². The lowest BCUT2D eigenvalue weighted by Crippen LogP contribution is -2.40. The highest BCUT2D eigenvalue weighted by Crippen LogP contribution is 2.50. The van der Waals surface area contributed by atoms with Gasteiger partial charge in [0, 0.05) is 31.1 Å². The van der Waals surface area contributed by atoms with Crippen LogP contribution in [0.2, 0.25) is 0 Å². The number of ether oxygens (including phenoxy) is 2. The van der Waals surface area contributed by atoms with E-state index in [1.807, 2.05) is 18.7 Å². The van der Waals surface area contributed by atoms with Gasteiger partial charge in [-0.2, -0.15) is 4.98 Å². The van der Waals surface area contributed by atoms with Crippen LogP contribution in [0.15, 0.2) is 22.7 Å². The Balaban J connectivity index is 1.55. The first-order valence-electron chi connectivity index (χ1n) is 10.9. The first-order valence-corrected chi connectivity index (χ1v) is 10.9. The van der Waals surface area contributed by atoms with Gasteiger partial charge in [-0.15, -0.1) is 0 Å². The number of methoxy groups -OCH3 is 2. The molecule has 2 amide bonds. The third-order valence-corrected chi connectivity index (χ3v) is 6.62. The van der Waals surface area contributed by atoms with Gasteiger partial charge in [0.15, 0.2) is 5.82 Å². The van der Waals surface area contributed by atoms with E-state index in [9.17, 15) is 9.59 Å². The number of hydrogen-bond acceptors (Lipinski definition) is 7. The lowest BCUT2D eigenvalue weighted by molar-refractivity contribution is -0.133. The highest BCUT2D eigenvalue weighted by Gasteiger charge is 2.58. The van der Waals surface area contributed by atoms with Crippen molar-refractivity contribution in [3.63, 3.8) is 0 Å². The van der Waals surface area contributed by atoms with E-state index >= 15 is 0 Å². The number of aromatic nitrogens is 2. The minimum Gasteiger partial charge on any atom is -0.497 e. The molecule has 1 saturated carbocycles. The second-order valence-corrected chi connectivity index (χ2v) is 9.05. The molecule has 1 aromatic carbocycles. The minimum atomic E-state index is -0.451. The fourth-order valence-corrected chi connectivity index (χ4v) is 5.09. The lowest BCUT2D eigenvalue weighted by atomic mass is 9.80. The summed E-state index contributed by atoms with van der Waals surface area (Å²) in [6.45, 7) is 6.75. The maximum Gasteiger partial charge on any atom is 0.255 e. The number of benzene rings is 1.